The number of amides is 2. The third kappa shape index (κ3) is 7.74. The number of carbonyl (C=O) groups excluding carboxylic acids is 2. The van der Waals surface area contributed by atoms with Crippen LogP contribution in [-0.2, 0) is 16.1 Å². The predicted molar refractivity (Wildman–Crippen MR) is 105 cm³/mol. The Morgan fingerprint density at radius 1 is 1.28 bits per heavy atom. The molecule has 0 fully saturated rings. The van der Waals surface area contributed by atoms with Crippen LogP contribution in [0.15, 0.2) is 41.1 Å². The summed E-state index contributed by atoms with van der Waals surface area (Å²) in [6.45, 7) is 3.37. The van der Waals surface area contributed by atoms with Gasteiger partial charge in [-0.15, -0.1) is 11.8 Å². The zero-order chi connectivity index (χ0) is 18.1. The van der Waals surface area contributed by atoms with Crippen LogP contribution in [0.4, 0.5) is 5.69 Å². The number of nitrogens with zero attached hydrogens (tertiary/aromatic N) is 2. The SMILES string of the molecule is Cc1cnn(CCCNC(=O)CSCC(=O)Nc2cccc(Br)c2)c1. The minimum atomic E-state index is -0.120. The van der Waals surface area contributed by atoms with E-state index in [2.05, 4.69) is 31.7 Å². The van der Waals surface area contributed by atoms with E-state index in [-0.39, 0.29) is 23.3 Å². The second kappa shape index (κ2) is 10.2. The summed E-state index contributed by atoms with van der Waals surface area (Å²) >= 11 is 4.65. The summed E-state index contributed by atoms with van der Waals surface area (Å²) < 4.78 is 2.77. The molecule has 0 spiro atoms. The monoisotopic (exact) mass is 424 g/mol. The molecule has 2 amide bonds. The fraction of sp³-hybridized carbons (Fsp3) is 0.353. The number of anilines is 1. The van der Waals surface area contributed by atoms with E-state index in [1.165, 1.54) is 11.8 Å². The van der Waals surface area contributed by atoms with Crippen molar-refractivity contribution in [2.45, 2.75) is 19.9 Å². The van der Waals surface area contributed by atoms with Gasteiger partial charge in [-0.05, 0) is 37.1 Å². The molecule has 0 saturated carbocycles. The maximum Gasteiger partial charge on any atom is 0.234 e. The van der Waals surface area contributed by atoms with Gasteiger partial charge in [0.2, 0.25) is 11.8 Å². The molecule has 0 aliphatic heterocycles. The normalized spacial score (nSPS) is 10.5. The lowest BCUT2D eigenvalue weighted by atomic mass is 10.3. The van der Waals surface area contributed by atoms with E-state index in [0.717, 1.165) is 28.7 Å². The Morgan fingerprint density at radius 2 is 2.08 bits per heavy atom. The molecule has 134 valence electrons. The van der Waals surface area contributed by atoms with Crippen LogP contribution >= 0.6 is 27.7 Å². The van der Waals surface area contributed by atoms with Crippen molar-refractivity contribution in [1.82, 2.24) is 15.1 Å². The lowest BCUT2D eigenvalue weighted by Crippen LogP contribution is -2.27. The van der Waals surface area contributed by atoms with E-state index in [1.807, 2.05) is 48.3 Å². The Morgan fingerprint density at radius 3 is 2.80 bits per heavy atom. The number of aromatic nitrogens is 2. The molecule has 1 heterocycles. The number of thioether (sulfide) groups is 1. The predicted octanol–water partition coefficient (Wildman–Crippen LogP) is 2.83. The number of benzene rings is 1. The minimum Gasteiger partial charge on any atom is -0.355 e. The molecule has 0 saturated heterocycles. The molecule has 0 radical (unpaired) electrons. The standard InChI is InChI=1S/C17H21BrN4O2S/c1-13-9-20-22(10-13)7-3-6-19-16(23)11-25-12-17(24)21-15-5-2-4-14(18)8-15/h2,4-5,8-10H,3,6-7,11-12H2,1H3,(H,19,23)(H,21,24). The van der Waals surface area contributed by atoms with E-state index in [1.54, 1.807) is 0 Å². The summed E-state index contributed by atoms with van der Waals surface area (Å²) in [6, 6.07) is 7.39. The second-order valence-electron chi connectivity index (χ2n) is 5.54. The topological polar surface area (TPSA) is 76.0 Å². The number of rotatable bonds is 9. The highest BCUT2D eigenvalue weighted by atomic mass is 79.9. The summed E-state index contributed by atoms with van der Waals surface area (Å²) in [5.41, 5.74) is 1.86. The van der Waals surface area contributed by atoms with E-state index in [4.69, 9.17) is 0 Å². The Hall–Kier alpha value is -1.80. The third-order valence-corrected chi connectivity index (χ3v) is 4.65. The Kier molecular flexibility index (Phi) is 8.00. The molecule has 0 bridgehead atoms. The van der Waals surface area contributed by atoms with Gasteiger partial charge in [0, 0.05) is 29.4 Å². The molecule has 6 nitrogen and oxygen atoms in total. The molecule has 0 atom stereocenters. The Bertz CT molecular complexity index is 720. The van der Waals surface area contributed by atoms with Crippen molar-refractivity contribution < 1.29 is 9.59 Å². The van der Waals surface area contributed by atoms with Gasteiger partial charge in [-0.25, -0.2) is 0 Å². The summed E-state index contributed by atoms with van der Waals surface area (Å²) in [7, 11) is 0. The summed E-state index contributed by atoms with van der Waals surface area (Å²) in [4.78, 5) is 23.6. The number of hydrogen-bond donors (Lipinski definition) is 2. The van der Waals surface area contributed by atoms with Gasteiger partial charge in [0.15, 0.2) is 0 Å². The molecule has 1 aromatic carbocycles. The number of carbonyl (C=O) groups is 2. The van der Waals surface area contributed by atoms with E-state index >= 15 is 0 Å². The lowest BCUT2D eigenvalue weighted by molar-refractivity contribution is -0.118. The number of aryl methyl sites for hydroxylation is 2. The zero-order valence-electron chi connectivity index (χ0n) is 14.0. The maximum atomic E-state index is 11.8. The summed E-state index contributed by atoms with van der Waals surface area (Å²) in [6.07, 6.45) is 4.61. The van der Waals surface area contributed by atoms with Crippen molar-refractivity contribution in [2.24, 2.45) is 0 Å². The number of nitrogens with one attached hydrogen (secondary N) is 2. The average Bonchev–Trinajstić information content (AvgIpc) is 2.97. The summed E-state index contributed by atoms with van der Waals surface area (Å²) in [5, 5.41) is 9.84. The third-order valence-electron chi connectivity index (χ3n) is 3.22. The van der Waals surface area contributed by atoms with E-state index in [0.29, 0.717) is 6.54 Å². The first-order valence-electron chi connectivity index (χ1n) is 7.92. The van der Waals surface area contributed by atoms with Crippen molar-refractivity contribution in [3.05, 3.63) is 46.7 Å². The van der Waals surface area contributed by atoms with Crippen molar-refractivity contribution in [3.63, 3.8) is 0 Å². The van der Waals surface area contributed by atoms with Crippen LogP contribution in [0.3, 0.4) is 0 Å². The molecule has 2 rings (SSSR count). The van der Waals surface area contributed by atoms with E-state index < -0.39 is 0 Å². The van der Waals surface area contributed by atoms with E-state index in [9.17, 15) is 9.59 Å². The van der Waals surface area contributed by atoms with Crippen LogP contribution in [0.2, 0.25) is 0 Å². The minimum absolute atomic E-state index is 0.0584. The maximum absolute atomic E-state index is 11.8. The van der Waals surface area contributed by atoms with Crippen LogP contribution in [0.1, 0.15) is 12.0 Å². The highest BCUT2D eigenvalue weighted by Gasteiger charge is 2.06. The first-order chi connectivity index (χ1) is 12.0. The van der Waals surface area contributed by atoms with Gasteiger partial charge >= 0.3 is 0 Å². The molecule has 1 aromatic heterocycles. The van der Waals surface area contributed by atoms with Gasteiger partial charge in [-0.1, -0.05) is 22.0 Å². The fourth-order valence-electron chi connectivity index (χ4n) is 2.11. The van der Waals surface area contributed by atoms with Gasteiger partial charge in [0.05, 0.1) is 17.7 Å². The average molecular weight is 425 g/mol. The van der Waals surface area contributed by atoms with Gasteiger partial charge < -0.3 is 10.6 Å². The van der Waals surface area contributed by atoms with Crippen LogP contribution < -0.4 is 10.6 Å². The zero-order valence-corrected chi connectivity index (χ0v) is 16.4. The molecule has 2 aromatic rings. The first kappa shape index (κ1) is 19.5. The number of halogens is 1. The van der Waals surface area contributed by atoms with Crippen molar-refractivity contribution in [1.29, 1.82) is 0 Å². The highest BCUT2D eigenvalue weighted by Crippen LogP contribution is 2.15. The lowest BCUT2D eigenvalue weighted by Gasteiger charge is -2.07. The molecule has 2 N–H and O–H groups in total. The van der Waals surface area contributed by atoms with Gasteiger partial charge in [-0.2, -0.15) is 5.10 Å². The summed E-state index contributed by atoms with van der Waals surface area (Å²) in [5.74, 6) is 0.334. The number of hydrogen-bond acceptors (Lipinski definition) is 4. The van der Waals surface area contributed by atoms with Crippen molar-refractivity contribution >= 4 is 45.2 Å². The quantitative estimate of drug-likeness (QED) is 0.606. The highest BCUT2D eigenvalue weighted by molar-refractivity contribution is 9.10. The van der Waals surface area contributed by atoms with Crippen molar-refractivity contribution in [2.75, 3.05) is 23.4 Å². The van der Waals surface area contributed by atoms with Crippen LogP contribution in [0, 0.1) is 6.92 Å². The Balaban J connectivity index is 1.54. The van der Waals surface area contributed by atoms with Gasteiger partial charge in [-0.3, -0.25) is 14.3 Å². The molecule has 0 aliphatic rings. The van der Waals surface area contributed by atoms with Crippen LogP contribution in [-0.4, -0.2) is 39.6 Å². The van der Waals surface area contributed by atoms with Gasteiger partial charge in [0.25, 0.3) is 0 Å². The van der Waals surface area contributed by atoms with Crippen LogP contribution in [0.25, 0.3) is 0 Å². The second-order valence-corrected chi connectivity index (χ2v) is 7.44. The molecule has 25 heavy (non-hydrogen) atoms. The fourth-order valence-corrected chi connectivity index (χ4v) is 3.16. The van der Waals surface area contributed by atoms with Crippen LogP contribution in [0.5, 0.6) is 0 Å². The largest absolute Gasteiger partial charge is 0.355 e. The smallest absolute Gasteiger partial charge is 0.234 e. The molecule has 0 aliphatic carbocycles. The Labute approximate surface area is 159 Å². The van der Waals surface area contributed by atoms with Crippen molar-refractivity contribution in [3.8, 4) is 0 Å². The molecule has 8 heteroatoms. The first-order valence-corrected chi connectivity index (χ1v) is 9.86. The molecule has 0 unspecified atom stereocenters. The molecular weight excluding hydrogens is 404 g/mol. The molecular formula is C17H21BrN4O2S. The van der Waals surface area contributed by atoms with Gasteiger partial charge in [0.1, 0.15) is 0 Å².